The molecule has 0 aromatic carbocycles. The van der Waals surface area contributed by atoms with E-state index in [1.807, 2.05) is 13.8 Å². The molecule has 2 N–H and O–H groups in total. The smallest absolute Gasteiger partial charge is 0.314 e. The molecule has 0 aromatic heterocycles. The second-order valence-electron chi connectivity index (χ2n) is 3.52. The van der Waals surface area contributed by atoms with E-state index in [9.17, 15) is 4.79 Å². The van der Waals surface area contributed by atoms with Crippen molar-refractivity contribution < 1.29 is 9.53 Å². The van der Waals surface area contributed by atoms with Gasteiger partial charge in [0.25, 0.3) is 0 Å². The highest BCUT2D eigenvalue weighted by atomic mass is 16.5. The van der Waals surface area contributed by atoms with Crippen LogP contribution in [0.1, 0.15) is 33.6 Å². The van der Waals surface area contributed by atoms with E-state index in [4.69, 9.17) is 4.74 Å². The summed E-state index contributed by atoms with van der Waals surface area (Å²) in [6.07, 6.45) is 1.91. The van der Waals surface area contributed by atoms with Crippen molar-refractivity contribution in [2.75, 3.05) is 19.8 Å². The minimum absolute atomic E-state index is 0.101. The van der Waals surface area contributed by atoms with Crippen LogP contribution < -0.4 is 10.6 Å². The SMILES string of the molecule is CCCOCCCNC(=O)NC(C)C. The largest absolute Gasteiger partial charge is 0.381 e. The van der Waals surface area contributed by atoms with E-state index in [1.54, 1.807) is 0 Å². The molecule has 84 valence electrons. The molecule has 4 heteroatoms. The molecule has 0 unspecified atom stereocenters. The van der Waals surface area contributed by atoms with Gasteiger partial charge in [0.2, 0.25) is 0 Å². The number of hydrogen-bond donors (Lipinski definition) is 2. The van der Waals surface area contributed by atoms with Crippen LogP contribution in [0.25, 0.3) is 0 Å². The number of amides is 2. The van der Waals surface area contributed by atoms with Gasteiger partial charge < -0.3 is 15.4 Å². The fraction of sp³-hybridized carbons (Fsp3) is 0.900. The molecule has 0 atom stereocenters. The standard InChI is InChI=1S/C10H22N2O2/c1-4-7-14-8-5-6-11-10(13)12-9(2)3/h9H,4-8H2,1-3H3,(H2,11,12,13). The summed E-state index contributed by atoms with van der Waals surface area (Å²) in [5.74, 6) is 0. The average molecular weight is 202 g/mol. The van der Waals surface area contributed by atoms with Crippen LogP contribution in [0.2, 0.25) is 0 Å². The first-order chi connectivity index (χ1) is 6.66. The molecular weight excluding hydrogens is 180 g/mol. The highest BCUT2D eigenvalue weighted by molar-refractivity contribution is 5.73. The lowest BCUT2D eigenvalue weighted by Crippen LogP contribution is -2.40. The van der Waals surface area contributed by atoms with Gasteiger partial charge in [0.15, 0.2) is 0 Å². The Labute approximate surface area is 86.4 Å². The summed E-state index contributed by atoms with van der Waals surface area (Å²) in [4.78, 5) is 11.1. The third-order valence-electron chi connectivity index (χ3n) is 1.52. The van der Waals surface area contributed by atoms with E-state index >= 15 is 0 Å². The molecular formula is C10H22N2O2. The van der Waals surface area contributed by atoms with Gasteiger partial charge in [-0.2, -0.15) is 0 Å². The molecule has 2 amide bonds. The highest BCUT2D eigenvalue weighted by Crippen LogP contribution is 1.84. The summed E-state index contributed by atoms with van der Waals surface area (Å²) in [5, 5.41) is 5.51. The molecule has 0 aliphatic heterocycles. The van der Waals surface area contributed by atoms with Crippen molar-refractivity contribution in [1.82, 2.24) is 10.6 Å². The molecule has 4 nitrogen and oxygen atoms in total. The summed E-state index contributed by atoms with van der Waals surface area (Å²) >= 11 is 0. The molecule has 0 bridgehead atoms. The molecule has 0 heterocycles. The summed E-state index contributed by atoms with van der Waals surface area (Å²) in [7, 11) is 0. The average Bonchev–Trinajstić information content (AvgIpc) is 2.10. The minimum Gasteiger partial charge on any atom is -0.381 e. The predicted octanol–water partition coefficient (Wildman–Crippen LogP) is 1.51. The number of carbonyl (C=O) groups excluding carboxylic acids is 1. The lowest BCUT2D eigenvalue weighted by molar-refractivity contribution is 0.132. The summed E-state index contributed by atoms with van der Waals surface area (Å²) < 4.78 is 5.27. The quantitative estimate of drug-likeness (QED) is 0.615. The minimum atomic E-state index is -0.101. The highest BCUT2D eigenvalue weighted by Gasteiger charge is 2.00. The van der Waals surface area contributed by atoms with Crippen molar-refractivity contribution in [2.24, 2.45) is 0 Å². The number of nitrogens with one attached hydrogen (secondary N) is 2. The Morgan fingerprint density at radius 1 is 1.36 bits per heavy atom. The van der Waals surface area contributed by atoms with Gasteiger partial charge in [-0.1, -0.05) is 6.92 Å². The van der Waals surface area contributed by atoms with Gasteiger partial charge in [0.05, 0.1) is 0 Å². The molecule has 0 rings (SSSR count). The van der Waals surface area contributed by atoms with Crippen LogP contribution in [0.15, 0.2) is 0 Å². The molecule has 14 heavy (non-hydrogen) atoms. The Balaban J connectivity index is 3.15. The monoisotopic (exact) mass is 202 g/mol. The van der Waals surface area contributed by atoms with E-state index in [0.29, 0.717) is 6.54 Å². The Kier molecular flexibility index (Phi) is 8.33. The van der Waals surface area contributed by atoms with Crippen molar-refractivity contribution in [3.63, 3.8) is 0 Å². The van der Waals surface area contributed by atoms with Gasteiger partial charge in [0, 0.05) is 25.8 Å². The third-order valence-corrected chi connectivity index (χ3v) is 1.52. The molecule has 0 saturated carbocycles. The fourth-order valence-electron chi connectivity index (χ4n) is 0.936. The second-order valence-corrected chi connectivity index (χ2v) is 3.52. The Hall–Kier alpha value is -0.770. The van der Waals surface area contributed by atoms with Crippen LogP contribution >= 0.6 is 0 Å². The first-order valence-corrected chi connectivity index (χ1v) is 5.29. The summed E-state index contributed by atoms with van der Waals surface area (Å²) in [5.41, 5.74) is 0. The van der Waals surface area contributed by atoms with Crippen molar-refractivity contribution in [1.29, 1.82) is 0 Å². The van der Waals surface area contributed by atoms with Crippen molar-refractivity contribution in [2.45, 2.75) is 39.7 Å². The van der Waals surface area contributed by atoms with Gasteiger partial charge in [-0.15, -0.1) is 0 Å². The van der Waals surface area contributed by atoms with E-state index in [0.717, 1.165) is 26.1 Å². The van der Waals surface area contributed by atoms with Crippen LogP contribution in [0.4, 0.5) is 4.79 Å². The Morgan fingerprint density at radius 2 is 2.07 bits per heavy atom. The fourth-order valence-corrected chi connectivity index (χ4v) is 0.936. The number of urea groups is 1. The van der Waals surface area contributed by atoms with Crippen LogP contribution in [0.5, 0.6) is 0 Å². The summed E-state index contributed by atoms with van der Waals surface area (Å²) in [6, 6.07) is 0.0850. The van der Waals surface area contributed by atoms with Gasteiger partial charge in [0.1, 0.15) is 0 Å². The number of ether oxygens (including phenoxy) is 1. The molecule has 0 spiro atoms. The number of carbonyl (C=O) groups is 1. The lowest BCUT2D eigenvalue weighted by Gasteiger charge is -2.09. The number of rotatable bonds is 7. The maximum atomic E-state index is 11.1. The van der Waals surface area contributed by atoms with Gasteiger partial charge in [-0.05, 0) is 26.7 Å². The number of hydrogen-bond acceptors (Lipinski definition) is 2. The normalized spacial score (nSPS) is 10.3. The molecule has 0 aliphatic carbocycles. The lowest BCUT2D eigenvalue weighted by atomic mass is 10.4. The van der Waals surface area contributed by atoms with Gasteiger partial charge >= 0.3 is 6.03 Å². The Morgan fingerprint density at radius 3 is 2.64 bits per heavy atom. The van der Waals surface area contributed by atoms with E-state index in [-0.39, 0.29) is 12.1 Å². The topological polar surface area (TPSA) is 50.4 Å². The first-order valence-electron chi connectivity index (χ1n) is 5.29. The predicted molar refractivity (Wildman–Crippen MR) is 57.4 cm³/mol. The van der Waals surface area contributed by atoms with Gasteiger partial charge in [-0.3, -0.25) is 0 Å². The maximum Gasteiger partial charge on any atom is 0.314 e. The van der Waals surface area contributed by atoms with Crippen LogP contribution in [-0.4, -0.2) is 31.8 Å². The first kappa shape index (κ1) is 13.2. The molecule has 0 aliphatic rings. The molecule has 0 saturated heterocycles. The summed E-state index contributed by atoms with van der Waals surface area (Å²) in [6.45, 7) is 8.14. The van der Waals surface area contributed by atoms with Crippen LogP contribution in [0.3, 0.4) is 0 Å². The zero-order chi connectivity index (χ0) is 10.8. The zero-order valence-electron chi connectivity index (χ0n) is 9.43. The van der Waals surface area contributed by atoms with Crippen LogP contribution in [0, 0.1) is 0 Å². The van der Waals surface area contributed by atoms with Crippen molar-refractivity contribution >= 4 is 6.03 Å². The zero-order valence-corrected chi connectivity index (χ0v) is 9.43. The van der Waals surface area contributed by atoms with E-state index < -0.39 is 0 Å². The van der Waals surface area contributed by atoms with Crippen molar-refractivity contribution in [3.8, 4) is 0 Å². The third kappa shape index (κ3) is 9.32. The Bertz CT molecular complexity index is 149. The molecule has 0 radical (unpaired) electrons. The van der Waals surface area contributed by atoms with E-state index in [2.05, 4.69) is 17.6 Å². The van der Waals surface area contributed by atoms with Gasteiger partial charge in [-0.25, -0.2) is 4.79 Å². The van der Waals surface area contributed by atoms with Crippen LogP contribution in [-0.2, 0) is 4.74 Å². The maximum absolute atomic E-state index is 11.1. The second kappa shape index (κ2) is 8.81. The van der Waals surface area contributed by atoms with Crippen molar-refractivity contribution in [3.05, 3.63) is 0 Å². The van der Waals surface area contributed by atoms with E-state index in [1.165, 1.54) is 0 Å². The molecule has 0 fully saturated rings. The molecule has 0 aromatic rings.